The van der Waals surface area contributed by atoms with Gasteiger partial charge in [0.1, 0.15) is 6.29 Å². The highest BCUT2D eigenvalue weighted by molar-refractivity contribution is 7.99. The molecule has 0 N–H and O–H groups in total. The van der Waals surface area contributed by atoms with Crippen molar-refractivity contribution in [3.05, 3.63) is 54.5 Å². The van der Waals surface area contributed by atoms with Crippen LogP contribution in [-0.2, 0) is 21.4 Å². The fourth-order valence-corrected chi connectivity index (χ4v) is 6.29. The number of nitrogens with zero attached hydrogens (tertiary/aromatic N) is 3. The molecule has 8 heteroatoms. The Morgan fingerprint density at radius 2 is 1.90 bits per heavy atom. The summed E-state index contributed by atoms with van der Waals surface area (Å²) in [4.78, 5) is 16.7. The molecule has 4 rings (SSSR count). The molecule has 1 aliphatic rings. The van der Waals surface area contributed by atoms with Gasteiger partial charge in [-0.2, -0.15) is 4.31 Å². The van der Waals surface area contributed by atoms with Gasteiger partial charge in [-0.15, -0.1) is 11.8 Å². The maximum Gasteiger partial charge on any atom is 0.243 e. The topological polar surface area (TPSA) is 72.3 Å². The van der Waals surface area contributed by atoms with E-state index in [1.165, 1.54) is 5.56 Å². The van der Waals surface area contributed by atoms with E-state index < -0.39 is 10.0 Å². The number of fused-ring (bicyclic) bond motifs is 1. The highest BCUT2D eigenvalue weighted by atomic mass is 32.2. The zero-order valence-corrected chi connectivity index (χ0v) is 18.5. The van der Waals surface area contributed by atoms with Crippen molar-refractivity contribution in [2.24, 2.45) is 0 Å². The Hall–Kier alpha value is -2.16. The second kappa shape index (κ2) is 8.91. The van der Waals surface area contributed by atoms with Crippen LogP contribution < -0.4 is 0 Å². The molecule has 1 aromatic carbocycles. The molecule has 0 spiro atoms. The summed E-state index contributed by atoms with van der Waals surface area (Å²) < 4.78 is 29.7. The van der Waals surface area contributed by atoms with E-state index in [0.29, 0.717) is 24.5 Å². The quantitative estimate of drug-likeness (QED) is 0.409. The van der Waals surface area contributed by atoms with Gasteiger partial charge in [-0.25, -0.2) is 8.42 Å². The van der Waals surface area contributed by atoms with Crippen molar-refractivity contribution < 1.29 is 13.2 Å². The number of thioether (sulfide) groups is 1. The van der Waals surface area contributed by atoms with Gasteiger partial charge in [0.05, 0.1) is 23.2 Å². The van der Waals surface area contributed by atoms with Crippen molar-refractivity contribution >= 4 is 39.0 Å². The first-order valence-corrected chi connectivity index (χ1v) is 12.6. The van der Waals surface area contributed by atoms with Crippen molar-refractivity contribution in [1.29, 1.82) is 0 Å². The maximum absolute atomic E-state index is 13.1. The molecular weight excluding hydrogens is 418 g/mol. The smallest absolute Gasteiger partial charge is 0.243 e. The number of sulfonamides is 1. The van der Waals surface area contributed by atoms with Crippen LogP contribution in [0, 0.1) is 0 Å². The van der Waals surface area contributed by atoms with Crippen LogP contribution in [0.25, 0.3) is 10.9 Å². The summed E-state index contributed by atoms with van der Waals surface area (Å²) in [6, 6.07) is 9.15. The number of aromatic nitrogens is 2. The van der Waals surface area contributed by atoms with Crippen LogP contribution in [0.5, 0.6) is 0 Å². The molecule has 6 nitrogen and oxygen atoms in total. The Kier molecular flexibility index (Phi) is 6.26. The first-order chi connectivity index (χ1) is 14.5. The van der Waals surface area contributed by atoms with Crippen molar-refractivity contribution in [1.82, 2.24) is 13.9 Å². The van der Waals surface area contributed by atoms with Gasteiger partial charge in [-0.3, -0.25) is 4.98 Å². The van der Waals surface area contributed by atoms with Crippen LogP contribution in [0.15, 0.2) is 58.7 Å². The Bertz CT molecular complexity index is 1130. The number of aldehydes is 1. The Morgan fingerprint density at radius 3 is 2.57 bits per heavy atom. The maximum atomic E-state index is 13.1. The van der Waals surface area contributed by atoms with Crippen LogP contribution in [0.2, 0.25) is 0 Å². The standard InChI is InChI=1S/C22H25N3O3S2/c1-2-29-18-3-5-19(6-4-18)30(27,28)25-11-8-17(9-12-25)21-16-24(13-14-26)22-15-23-10-7-20(21)22/h3-7,10,14-17H,2,8-9,11-13H2,1H3. The molecule has 1 saturated heterocycles. The predicted octanol–water partition coefficient (Wildman–Crippen LogP) is 3.92. The monoisotopic (exact) mass is 443 g/mol. The zero-order valence-electron chi connectivity index (χ0n) is 16.9. The fraction of sp³-hybridized carbons (Fsp3) is 0.364. The molecule has 1 aliphatic heterocycles. The average Bonchev–Trinajstić information content (AvgIpc) is 3.13. The Labute approximate surface area is 181 Å². The lowest BCUT2D eigenvalue weighted by molar-refractivity contribution is -0.108. The lowest BCUT2D eigenvalue weighted by Gasteiger charge is -2.31. The third-order valence-electron chi connectivity index (χ3n) is 5.65. The van der Waals surface area contributed by atoms with E-state index in [9.17, 15) is 13.2 Å². The summed E-state index contributed by atoms with van der Waals surface area (Å²) in [5, 5.41) is 1.09. The third-order valence-corrected chi connectivity index (χ3v) is 8.46. The molecule has 1 fully saturated rings. The highest BCUT2D eigenvalue weighted by Gasteiger charge is 2.31. The number of piperidine rings is 1. The molecule has 0 unspecified atom stereocenters. The Morgan fingerprint density at radius 1 is 1.17 bits per heavy atom. The van der Waals surface area contributed by atoms with Gasteiger partial charge in [0.2, 0.25) is 10.0 Å². The number of benzene rings is 1. The fourth-order valence-electron chi connectivity index (χ4n) is 4.15. The minimum atomic E-state index is -3.48. The number of carbonyl (C=O) groups is 1. The molecule has 158 valence electrons. The largest absolute Gasteiger partial charge is 0.339 e. The molecule has 0 amide bonds. The average molecular weight is 444 g/mol. The SMILES string of the molecule is CCSc1ccc(S(=O)(=O)N2CCC(c3cn(CC=O)c4cnccc34)CC2)cc1. The Balaban J connectivity index is 1.51. The second-order valence-electron chi connectivity index (χ2n) is 7.38. The molecular formula is C22H25N3O3S2. The van der Waals surface area contributed by atoms with E-state index in [1.807, 2.05) is 29.0 Å². The normalized spacial score (nSPS) is 16.2. The van der Waals surface area contributed by atoms with Crippen LogP contribution in [-0.4, -0.2) is 47.4 Å². The van der Waals surface area contributed by atoms with Crippen LogP contribution in [0.4, 0.5) is 0 Å². The van der Waals surface area contributed by atoms with Crippen molar-refractivity contribution in [3.63, 3.8) is 0 Å². The second-order valence-corrected chi connectivity index (χ2v) is 10.7. The van der Waals surface area contributed by atoms with Crippen molar-refractivity contribution in [3.8, 4) is 0 Å². The molecule has 0 aliphatic carbocycles. The van der Waals surface area contributed by atoms with Gasteiger partial charge in [-0.05, 0) is 60.4 Å². The predicted molar refractivity (Wildman–Crippen MR) is 119 cm³/mol. The molecule has 0 radical (unpaired) electrons. The summed E-state index contributed by atoms with van der Waals surface area (Å²) in [6.45, 7) is 3.35. The van der Waals surface area contributed by atoms with Gasteiger partial charge in [0.15, 0.2) is 0 Å². The van der Waals surface area contributed by atoms with Crippen LogP contribution >= 0.6 is 11.8 Å². The summed E-state index contributed by atoms with van der Waals surface area (Å²) in [5.74, 6) is 1.22. The molecule has 30 heavy (non-hydrogen) atoms. The van der Waals surface area contributed by atoms with Crippen molar-refractivity contribution in [2.45, 2.75) is 42.0 Å². The van der Waals surface area contributed by atoms with E-state index >= 15 is 0 Å². The lowest BCUT2D eigenvalue weighted by Crippen LogP contribution is -2.37. The number of hydrogen-bond acceptors (Lipinski definition) is 5. The molecule has 3 aromatic rings. The van der Waals surface area contributed by atoms with E-state index in [4.69, 9.17) is 0 Å². The van der Waals surface area contributed by atoms with E-state index in [1.54, 1.807) is 40.6 Å². The number of pyridine rings is 1. The minimum absolute atomic E-state index is 0.262. The summed E-state index contributed by atoms with van der Waals surface area (Å²) in [5.41, 5.74) is 2.12. The lowest BCUT2D eigenvalue weighted by atomic mass is 9.90. The van der Waals surface area contributed by atoms with E-state index in [-0.39, 0.29) is 5.92 Å². The summed E-state index contributed by atoms with van der Waals surface area (Å²) in [6.07, 6.45) is 7.96. The third kappa shape index (κ3) is 4.04. The van der Waals surface area contributed by atoms with Gasteiger partial charge in [-0.1, -0.05) is 6.92 Å². The molecule has 0 saturated carbocycles. The van der Waals surface area contributed by atoms with Gasteiger partial charge in [0, 0.05) is 35.8 Å². The van der Waals surface area contributed by atoms with E-state index in [0.717, 1.165) is 40.7 Å². The zero-order chi connectivity index (χ0) is 21.1. The number of rotatable bonds is 7. The molecule has 0 atom stereocenters. The van der Waals surface area contributed by atoms with Crippen LogP contribution in [0.1, 0.15) is 31.2 Å². The van der Waals surface area contributed by atoms with Gasteiger partial charge in [0.25, 0.3) is 0 Å². The van der Waals surface area contributed by atoms with Gasteiger partial charge >= 0.3 is 0 Å². The molecule has 3 heterocycles. The van der Waals surface area contributed by atoms with Crippen LogP contribution in [0.3, 0.4) is 0 Å². The number of hydrogen-bond donors (Lipinski definition) is 0. The van der Waals surface area contributed by atoms with E-state index in [2.05, 4.69) is 11.9 Å². The molecule has 2 aromatic heterocycles. The minimum Gasteiger partial charge on any atom is -0.339 e. The first kappa shape index (κ1) is 21.1. The number of carbonyl (C=O) groups excluding carboxylic acids is 1. The summed E-state index contributed by atoms with van der Waals surface area (Å²) >= 11 is 1.70. The first-order valence-electron chi connectivity index (χ1n) is 10.1. The summed E-state index contributed by atoms with van der Waals surface area (Å²) in [7, 11) is -3.48. The highest BCUT2D eigenvalue weighted by Crippen LogP contribution is 2.35. The van der Waals surface area contributed by atoms with Gasteiger partial charge < -0.3 is 9.36 Å². The molecule has 0 bridgehead atoms. The van der Waals surface area contributed by atoms with Crippen molar-refractivity contribution in [2.75, 3.05) is 18.8 Å².